The smallest absolute Gasteiger partial charge is 0.536 e. The molecule has 0 radical (unpaired) electrons. The Bertz CT molecular complexity index is 1180. The summed E-state index contributed by atoms with van der Waals surface area (Å²) in [6, 6.07) is 16.7. The molecule has 2 bridgehead atoms. The molecule has 0 N–H and O–H groups in total. The van der Waals surface area contributed by atoms with E-state index in [1.807, 2.05) is 0 Å². The lowest BCUT2D eigenvalue weighted by Gasteiger charge is -2.35. The van der Waals surface area contributed by atoms with E-state index >= 15 is 0 Å². The molecular formula is C18H13B2Cl3N6O6-2. The second kappa shape index (κ2) is 11.1. The Hall–Kier alpha value is -3.74. The number of benzene rings is 2. The van der Waals surface area contributed by atoms with Gasteiger partial charge in [0.25, 0.3) is 0 Å². The van der Waals surface area contributed by atoms with Crippen LogP contribution >= 0.6 is 34.8 Å². The van der Waals surface area contributed by atoms with Crippen molar-refractivity contribution in [3.63, 3.8) is 0 Å². The van der Waals surface area contributed by atoms with E-state index in [0.717, 1.165) is 18.6 Å². The van der Waals surface area contributed by atoms with Gasteiger partial charge >= 0.3 is 13.5 Å². The predicted octanol–water partition coefficient (Wildman–Crippen LogP) is 2.42. The van der Waals surface area contributed by atoms with E-state index in [-0.39, 0.29) is 15.5 Å². The second-order valence-electron chi connectivity index (χ2n) is 6.68. The topological polar surface area (TPSA) is 130 Å². The second-order valence-corrected chi connectivity index (χ2v) is 7.85. The third-order valence-electron chi connectivity index (χ3n) is 4.33. The van der Waals surface area contributed by atoms with Crippen LogP contribution in [0.15, 0.2) is 91.6 Å². The molecule has 2 aromatic rings. The van der Waals surface area contributed by atoms with Crippen LogP contribution in [0.4, 0.5) is 0 Å². The van der Waals surface area contributed by atoms with E-state index < -0.39 is 13.5 Å². The first kappa shape index (κ1) is 24.4. The van der Waals surface area contributed by atoms with Crippen molar-refractivity contribution in [3.8, 4) is 0 Å². The molecule has 12 nitrogen and oxygen atoms in total. The number of hydrogen-bond donors (Lipinski definition) is 0. The molecule has 5 rings (SSSR count). The molecule has 35 heavy (non-hydrogen) atoms. The molecule has 2 atom stereocenters. The molecule has 0 saturated carbocycles. The Labute approximate surface area is 213 Å². The van der Waals surface area contributed by atoms with Gasteiger partial charge in [0.2, 0.25) is 0 Å². The minimum Gasteiger partial charge on any atom is -0.536 e. The molecule has 2 unspecified atom stereocenters. The van der Waals surface area contributed by atoms with Crippen LogP contribution in [0.25, 0.3) is 0 Å². The van der Waals surface area contributed by atoms with Gasteiger partial charge < -0.3 is 28.5 Å². The van der Waals surface area contributed by atoms with E-state index in [9.17, 15) is 0 Å². The number of nitrogens with zero attached hydrogens (tertiary/aromatic N) is 6. The van der Waals surface area contributed by atoms with Crippen molar-refractivity contribution in [1.29, 1.82) is 0 Å². The van der Waals surface area contributed by atoms with Crippen molar-refractivity contribution < 1.29 is 28.5 Å². The average molecular weight is 537 g/mol. The highest BCUT2D eigenvalue weighted by Gasteiger charge is 2.42. The zero-order valence-corrected chi connectivity index (χ0v) is 19.7. The highest BCUT2D eigenvalue weighted by atomic mass is 35.5. The maximum atomic E-state index is 6.12. The zero-order chi connectivity index (χ0) is 24.6. The van der Waals surface area contributed by atoms with Gasteiger partial charge in [-0.3, -0.25) is 0 Å². The molecular weight excluding hydrogens is 524 g/mol. The molecule has 0 aliphatic carbocycles. The third kappa shape index (κ3) is 6.04. The lowest BCUT2D eigenvalue weighted by molar-refractivity contribution is 0.0788. The van der Waals surface area contributed by atoms with Gasteiger partial charge in [-0.2, -0.15) is 0 Å². The zero-order valence-electron chi connectivity index (χ0n) is 17.4. The maximum Gasteiger partial charge on any atom is 0.640 e. The third-order valence-corrected chi connectivity index (χ3v) is 4.83. The summed E-state index contributed by atoms with van der Waals surface area (Å²) in [6.07, 6.45) is 3.01. The first-order chi connectivity index (χ1) is 17.0. The Morgan fingerprint density at radius 3 is 1.11 bits per heavy atom. The van der Waals surface area contributed by atoms with Gasteiger partial charge in [0.1, 0.15) is 18.6 Å². The van der Waals surface area contributed by atoms with Crippen LogP contribution in [0.3, 0.4) is 0 Å². The summed E-state index contributed by atoms with van der Waals surface area (Å²) in [7, 11) is 0. The Kier molecular flexibility index (Phi) is 7.75. The highest BCUT2D eigenvalue weighted by molar-refractivity contribution is 6.82. The molecule has 180 valence electrons. The standard InChI is InChI=1S/C18H13B2Cl3N6O6/c21-16-13-26-32-20(15-9-5-2-6-10-15)34-28-17(22)11-24-30-19(33-27-16,14-7-3-1-4-8-14)31-25-12-18(23)29-35-20/h1-13H/q-2/b24-11-,25-12?,26-13-,27-16+,28-17?,29-18+. The van der Waals surface area contributed by atoms with Gasteiger partial charge in [-0.25, -0.2) is 0 Å². The van der Waals surface area contributed by atoms with Crippen molar-refractivity contribution in [2.24, 2.45) is 30.9 Å². The summed E-state index contributed by atoms with van der Waals surface area (Å²) in [6.45, 7) is -6.08. The van der Waals surface area contributed by atoms with E-state index in [1.54, 1.807) is 60.7 Å². The lowest BCUT2D eigenvalue weighted by Crippen LogP contribution is -2.54. The molecule has 3 aliphatic heterocycles. The van der Waals surface area contributed by atoms with Gasteiger partial charge in [-0.05, 0) is 0 Å². The van der Waals surface area contributed by atoms with Gasteiger partial charge in [0, 0.05) is 0 Å². The fourth-order valence-corrected chi connectivity index (χ4v) is 2.99. The van der Waals surface area contributed by atoms with Crippen molar-refractivity contribution in [2.75, 3.05) is 0 Å². The van der Waals surface area contributed by atoms with E-state index in [0.29, 0.717) is 10.9 Å². The van der Waals surface area contributed by atoms with Crippen LogP contribution in [-0.4, -0.2) is 47.7 Å². The van der Waals surface area contributed by atoms with Crippen LogP contribution in [0.2, 0.25) is 0 Å². The van der Waals surface area contributed by atoms with Crippen LogP contribution in [-0.2, 0) is 28.5 Å². The van der Waals surface area contributed by atoms with Crippen LogP contribution in [0.5, 0.6) is 0 Å². The Morgan fingerprint density at radius 2 is 0.771 bits per heavy atom. The van der Waals surface area contributed by atoms with Crippen molar-refractivity contribution >= 4 is 93.4 Å². The fraction of sp³-hybridized carbons (Fsp3) is 0. The number of oxime groups is 6. The molecule has 0 amide bonds. The summed E-state index contributed by atoms with van der Waals surface area (Å²) < 4.78 is 33.1. The van der Waals surface area contributed by atoms with Gasteiger partial charge in [-0.1, -0.05) is 106 Å². The predicted molar refractivity (Wildman–Crippen MR) is 136 cm³/mol. The molecule has 2 aromatic carbocycles. The SMILES string of the molecule is ClC1=NO[B-]2(c3ccccc3)O/N=C\C(Cl)=N/O[B-](c3ccccc3)(ON=C/C(Cl)=N\O2)O/N=C\1. The van der Waals surface area contributed by atoms with Crippen molar-refractivity contribution in [1.82, 2.24) is 0 Å². The molecule has 0 fully saturated rings. The average Bonchev–Trinajstić information content (AvgIpc) is 2.88. The van der Waals surface area contributed by atoms with E-state index in [2.05, 4.69) is 30.9 Å². The molecule has 0 aromatic heterocycles. The summed E-state index contributed by atoms with van der Waals surface area (Å²) in [5.74, 6) is 0. The van der Waals surface area contributed by atoms with E-state index in [1.165, 1.54) is 0 Å². The maximum absolute atomic E-state index is 6.12. The van der Waals surface area contributed by atoms with E-state index in [4.69, 9.17) is 63.3 Å². The van der Waals surface area contributed by atoms with Gasteiger partial charge in [-0.15, -0.1) is 30.9 Å². The number of rotatable bonds is 2. The number of halogens is 3. The minimum absolute atomic E-state index is 0.276. The fourth-order valence-electron chi connectivity index (χ4n) is 2.75. The Balaban J connectivity index is 1.88. The summed E-state index contributed by atoms with van der Waals surface area (Å²) >= 11 is 18.4. The summed E-state index contributed by atoms with van der Waals surface area (Å²) in [5.41, 5.74) is 0.657. The Morgan fingerprint density at radius 1 is 0.457 bits per heavy atom. The molecule has 3 aliphatic rings. The highest BCUT2D eigenvalue weighted by Crippen LogP contribution is 2.17. The monoisotopic (exact) mass is 536 g/mol. The first-order valence-corrected chi connectivity index (χ1v) is 10.9. The minimum atomic E-state index is -3.05. The van der Waals surface area contributed by atoms with Gasteiger partial charge in [0.05, 0.1) is 0 Å². The molecule has 0 spiro atoms. The van der Waals surface area contributed by atoms with Gasteiger partial charge in [0.15, 0.2) is 15.5 Å². The largest absolute Gasteiger partial charge is 0.640 e. The van der Waals surface area contributed by atoms with Crippen molar-refractivity contribution in [3.05, 3.63) is 60.7 Å². The summed E-state index contributed by atoms with van der Waals surface area (Å²) in [5, 5.41) is 21.8. The van der Waals surface area contributed by atoms with Crippen LogP contribution in [0.1, 0.15) is 0 Å². The first-order valence-electron chi connectivity index (χ1n) is 9.79. The molecule has 0 saturated heterocycles. The normalized spacial score (nSPS) is 29.3. The van der Waals surface area contributed by atoms with Crippen molar-refractivity contribution in [2.45, 2.75) is 0 Å². The molecule has 3 heterocycles. The summed E-state index contributed by atoms with van der Waals surface area (Å²) in [4.78, 5) is 0. The van der Waals surface area contributed by atoms with Crippen LogP contribution in [0, 0.1) is 0 Å². The van der Waals surface area contributed by atoms with Crippen LogP contribution < -0.4 is 10.9 Å². The number of fused-ring (bicyclic) bond motifs is 9. The lowest BCUT2D eigenvalue weighted by atomic mass is 9.70. The quantitative estimate of drug-likeness (QED) is 0.542. The molecule has 17 heteroatoms. The number of hydrogen-bond acceptors (Lipinski definition) is 12.